The van der Waals surface area contributed by atoms with Gasteiger partial charge in [-0.3, -0.25) is 4.79 Å². The number of anilines is 1. The first-order valence-electron chi connectivity index (χ1n) is 9.30. The number of hydrogen-bond donors (Lipinski definition) is 0. The minimum atomic E-state index is -4.84. The first-order valence-corrected chi connectivity index (χ1v) is 9.30. The Balaban J connectivity index is 1.59. The van der Waals surface area contributed by atoms with Crippen LogP contribution in [0.3, 0.4) is 0 Å². The number of carbonyl (C=O) groups excluding carboxylic acids is 1. The zero-order valence-corrected chi connectivity index (χ0v) is 14.5. The highest BCUT2D eigenvalue weighted by atomic mass is 19.4. The van der Waals surface area contributed by atoms with Gasteiger partial charge in [-0.15, -0.1) is 0 Å². The van der Waals surface area contributed by atoms with E-state index in [0.717, 1.165) is 22.7 Å². The van der Waals surface area contributed by atoms with Crippen LogP contribution in [0.2, 0.25) is 0 Å². The van der Waals surface area contributed by atoms with Crippen molar-refractivity contribution in [2.24, 2.45) is 17.8 Å². The van der Waals surface area contributed by atoms with Crippen LogP contribution in [0, 0.1) is 17.8 Å². The summed E-state index contributed by atoms with van der Waals surface area (Å²) in [5.74, 6) is 0.678. The van der Waals surface area contributed by atoms with Crippen LogP contribution in [-0.4, -0.2) is 18.6 Å². The number of amides is 1. The van der Waals surface area contributed by atoms with E-state index < -0.39 is 12.1 Å². The van der Waals surface area contributed by atoms with Gasteiger partial charge in [-0.05, 0) is 86.3 Å². The van der Waals surface area contributed by atoms with E-state index in [0.29, 0.717) is 5.69 Å². The monoisotopic (exact) mass is 351 g/mol. The maximum Gasteiger partial charge on any atom is 0.471 e. The van der Waals surface area contributed by atoms with Gasteiger partial charge in [0.05, 0.1) is 0 Å². The van der Waals surface area contributed by atoms with Crippen LogP contribution >= 0.6 is 0 Å². The molecule has 4 aliphatic carbocycles. The second-order valence-electron chi connectivity index (χ2n) is 8.29. The second kappa shape index (κ2) is 5.75. The minimum Gasteiger partial charge on any atom is -0.305 e. The highest BCUT2D eigenvalue weighted by Gasteiger charge is 2.51. The van der Waals surface area contributed by atoms with Gasteiger partial charge >= 0.3 is 12.1 Å². The smallest absolute Gasteiger partial charge is 0.305 e. The lowest BCUT2D eigenvalue weighted by atomic mass is 9.48. The van der Waals surface area contributed by atoms with E-state index in [1.165, 1.54) is 44.1 Å². The van der Waals surface area contributed by atoms with E-state index in [2.05, 4.69) is 0 Å². The molecule has 0 saturated heterocycles. The summed E-state index contributed by atoms with van der Waals surface area (Å²) in [4.78, 5) is 12.4. The van der Waals surface area contributed by atoms with E-state index in [1.807, 2.05) is 12.1 Å². The van der Waals surface area contributed by atoms with Crippen molar-refractivity contribution in [3.63, 3.8) is 0 Å². The molecule has 0 radical (unpaired) electrons. The lowest BCUT2D eigenvalue weighted by Gasteiger charge is -2.57. The first-order chi connectivity index (χ1) is 11.8. The van der Waals surface area contributed by atoms with E-state index >= 15 is 0 Å². The molecule has 4 fully saturated rings. The number of halogens is 3. The molecule has 1 amide bonds. The van der Waals surface area contributed by atoms with E-state index in [4.69, 9.17) is 0 Å². The molecular weight excluding hydrogens is 327 g/mol. The number of nitrogens with zero attached hydrogens (tertiary/aromatic N) is 1. The summed E-state index contributed by atoms with van der Waals surface area (Å²) in [6.07, 6.45) is 2.91. The summed E-state index contributed by atoms with van der Waals surface area (Å²) >= 11 is 0. The quantitative estimate of drug-likeness (QED) is 0.744. The third-order valence-electron chi connectivity index (χ3n) is 6.63. The molecular formula is C20H24F3NO. The molecule has 5 heteroatoms. The highest BCUT2D eigenvalue weighted by Crippen LogP contribution is 2.60. The van der Waals surface area contributed by atoms with Crippen molar-refractivity contribution < 1.29 is 18.0 Å². The van der Waals surface area contributed by atoms with Crippen LogP contribution in [0.15, 0.2) is 24.3 Å². The molecule has 1 aromatic carbocycles. The van der Waals surface area contributed by atoms with Crippen molar-refractivity contribution in [2.75, 3.05) is 11.4 Å². The van der Waals surface area contributed by atoms with Crippen LogP contribution in [0.25, 0.3) is 0 Å². The molecule has 136 valence electrons. The average Bonchev–Trinajstić information content (AvgIpc) is 2.54. The minimum absolute atomic E-state index is 0.00898. The van der Waals surface area contributed by atoms with Gasteiger partial charge in [0.1, 0.15) is 0 Å². The Labute approximate surface area is 146 Å². The molecule has 0 unspecified atom stereocenters. The largest absolute Gasteiger partial charge is 0.471 e. The molecule has 5 rings (SSSR count). The molecule has 0 atom stereocenters. The van der Waals surface area contributed by atoms with Gasteiger partial charge in [-0.2, -0.15) is 13.2 Å². The molecule has 0 aromatic heterocycles. The Morgan fingerprint density at radius 1 is 1.04 bits per heavy atom. The fourth-order valence-electron chi connectivity index (χ4n) is 6.06. The summed E-state index contributed by atoms with van der Waals surface area (Å²) in [6, 6.07) is 7.33. The third-order valence-corrected chi connectivity index (χ3v) is 6.63. The maximum absolute atomic E-state index is 12.8. The SMILES string of the molecule is CCN(C(=O)C(F)(F)F)c1ccc(C23CC4CC(CC(C4)C2)C3)cc1. The van der Waals surface area contributed by atoms with Gasteiger partial charge in [0.15, 0.2) is 0 Å². The van der Waals surface area contributed by atoms with Gasteiger partial charge in [-0.1, -0.05) is 12.1 Å². The second-order valence-corrected chi connectivity index (χ2v) is 8.29. The Morgan fingerprint density at radius 3 is 1.92 bits per heavy atom. The zero-order chi connectivity index (χ0) is 17.8. The predicted molar refractivity (Wildman–Crippen MR) is 90.4 cm³/mol. The zero-order valence-electron chi connectivity index (χ0n) is 14.5. The number of hydrogen-bond acceptors (Lipinski definition) is 1. The van der Waals surface area contributed by atoms with E-state index in [9.17, 15) is 18.0 Å². The Bertz CT molecular complexity index is 629. The number of alkyl halides is 3. The predicted octanol–water partition coefficient (Wildman–Crippen LogP) is 5.07. The lowest BCUT2D eigenvalue weighted by molar-refractivity contribution is -0.170. The van der Waals surface area contributed by atoms with E-state index in [-0.39, 0.29) is 12.0 Å². The number of rotatable bonds is 3. The van der Waals surface area contributed by atoms with Crippen LogP contribution in [-0.2, 0) is 10.2 Å². The summed E-state index contributed by atoms with van der Waals surface area (Å²) in [7, 11) is 0. The van der Waals surface area contributed by atoms with Crippen LogP contribution < -0.4 is 4.90 Å². The first kappa shape index (κ1) is 16.9. The van der Waals surface area contributed by atoms with Gasteiger partial charge in [0.2, 0.25) is 0 Å². The number of carbonyl (C=O) groups is 1. The molecule has 2 nitrogen and oxygen atoms in total. The Hall–Kier alpha value is -1.52. The van der Waals surface area contributed by atoms with Crippen molar-refractivity contribution >= 4 is 11.6 Å². The van der Waals surface area contributed by atoms with Gasteiger partial charge in [0.25, 0.3) is 0 Å². The molecule has 0 aliphatic heterocycles. The fourth-order valence-corrected chi connectivity index (χ4v) is 6.06. The normalized spacial score (nSPS) is 33.5. The van der Waals surface area contributed by atoms with Crippen molar-refractivity contribution in [3.8, 4) is 0 Å². The third kappa shape index (κ3) is 2.85. The maximum atomic E-state index is 12.8. The fraction of sp³-hybridized carbons (Fsp3) is 0.650. The van der Waals surface area contributed by atoms with Crippen molar-refractivity contribution in [3.05, 3.63) is 29.8 Å². The summed E-state index contributed by atoms with van der Waals surface area (Å²) < 4.78 is 38.3. The standard InChI is InChI=1S/C20H24F3NO/c1-2-24(18(25)20(21,22)23)17-5-3-16(4-6-17)19-10-13-7-14(11-19)9-15(8-13)12-19/h3-6,13-15H,2,7-12H2,1H3. The average molecular weight is 351 g/mol. The van der Waals surface area contributed by atoms with Gasteiger partial charge in [-0.25, -0.2) is 0 Å². The summed E-state index contributed by atoms with van der Waals surface area (Å²) in [6.45, 7) is 1.58. The topological polar surface area (TPSA) is 20.3 Å². The van der Waals surface area contributed by atoms with Crippen LogP contribution in [0.1, 0.15) is 51.0 Å². The molecule has 0 N–H and O–H groups in total. The molecule has 4 saturated carbocycles. The van der Waals surface area contributed by atoms with Crippen molar-refractivity contribution in [1.82, 2.24) is 0 Å². The highest BCUT2D eigenvalue weighted by molar-refractivity contribution is 5.97. The van der Waals surface area contributed by atoms with Gasteiger partial charge in [0, 0.05) is 12.2 Å². The Morgan fingerprint density at radius 2 is 1.52 bits per heavy atom. The molecule has 1 aromatic rings. The van der Waals surface area contributed by atoms with Crippen LogP contribution in [0.5, 0.6) is 0 Å². The molecule has 4 aliphatic rings. The summed E-state index contributed by atoms with van der Waals surface area (Å²) in [5.41, 5.74) is 1.81. The van der Waals surface area contributed by atoms with Crippen LogP contribution in [0.4, 0.5) is 18.9 Å². The molecule has 25 heavy (non-hydrogen) atoms. The lowest BCUT2D eigenvalue weighted by Crippen LogP contribution is -2.48. The number of benzene rings is 1. The summed E-state index contributed by atoms with van der Waals surface area (Å²) in [5, 5.41) is 0. The van der Waals surface area contributed by atoms with Gasteiger partial charge < -0.3 is 4.90 Å². The van der Waals surface area contributed by atoms with E-state index in [1.54, 1.807) is 19.1 Å². The molecule has 0 spiro atoms. The molecule has 0 heterocycles. The van der Waals surface area contributed by atoms with Crippen molar-refractivity contribution in [2.45, 2.75) is 57.0 Å². The van der Waals surface area contributed by atoms with Crippen molar-refractivity contribution in [1.29, 1.82) is 0 Å². The molecule has 4 bridgehead atoms. The Kier molecular flexibility index (Phi) is 3.89.